The first-order valence-corrected chi connectivity index (χ1v) is 5.44. The molecule has 2 atom stereocenters. The Morgan fingerprint density at radius 2 is 2.06 bits per heavy atom. The number of aliphatic carboxylic acids is 1. The van der Waals surface area contributed by atoms with Gasteiger partial charge >= 0.3 is 5.97 Å². The Labute approximate surface area is 94.5 Å². The van der Waals surface area contributed by atoms with Crippen molar-refractivity contribution in [1.29, 1.82) is 5.26 Å². The van der Waals surface area contributed by atoms with Gasteiger partial charge in [-0.1, -0.05) is 0 Å². The summed E-state index contributed by atoms with van der Waals surface area (Å²) in [6.07, 6.45) is 4.33. The molecule has 0 aromatic heterocycles. The van der Waals surface area contributed by atoms with E-state index in [2.05, 4.69) is 11.5 Å². The smallest absolute Gasteiger partial charge is 0.323 e. The van der Waals surface area contributed by atoms with Gasteiger partial charge in [0.15, 0.2) is 6.19 Å². The summed E-state index contributed by atoms with van der Waals surface area (Å²) in [5.41, 5.74) is 0. The largest absolute Gasteiger partial charge is 0.480 e. The number of nitrogens with one attached hydrogen (secondary N) is 1. The molecule has 0 aromatic carbocycles. The first-order valence-electron chi connectivity index (χ1n) is 5.44. The van der Waals surface area contributed by atoms with E-state index in [4.69, 9.17) is 15.5 Å². The van der Waals surface area contributed by atoms with Crippen molar-refractivity contribution < 1.29 is 15.0 Å². The van der Waals surface area contributed by atoms with Crippen LogP contribution < -0.4 is 5.32 Å². The maximum atomic E-state index is 10.2. The fourth-order valence-corrected chi connectivity index (χ4v) is 1.76. The number of aliphatic hydroxyl groups excluding tert-OH is 1. The Bertz CT molecular complexity index is 271. The van der Waals surface area contributed by atoms with Gasteiger partial charge in [0, 0.05) is 13.1 Å². The fourth-order valence-electron chi connectivity index (χ4n) is 1.76. The quantitative estimate of drug-likeness (QED) is 0.515. The zero-order valence-corrected chi connectivity index (χ0v) is 9.09. The summed E-state index contributed by atoms with van der Waals surface area (Å²) >= 11 is 0. The van der Waals surface area contributed by atoms with Crippen molar-refractivity contribution in [2.75, 3.05) is 19.6 Å². The normalized spacial score (nSPS) is 28.1. The van der Waals surface area contributed by atoms with Crippen molar-refractivity contribution >= 4 is 5.97 Å². The predicted molar refractivity (Wildman–Crippen MR) is 56.5 cm³/mol. The van der Waals surface area contributed by atoms with Gasteiger partial charge in [-0.3, -0.25) is 4.79 Å². The van der Waals surface area contributed by atoms with E-state index in [0.29, 0.717) is 13.0 Å². The predicted octanol–water partition coefficient (Wildman–Crippen LogP) is -0.643. The van der Waals surface area contributed by atoms with Gasteiger partial charge in [0.05, 0.1) is 6.10 Å². The third kappa shape index (κ3) is 3.68. The molecule has 0 radical (unpaired) electrons. The number of carbonyl (C=O) groups is 1. The van der Waals surface area contributed by atoms with Gasteiger partial charge in [-0.2, -0.15) is 5.26 Å². The number of nitriles is 1. The number of carboxylic acid groups (broad SMARTS) is 1. The first-order chi connectivity index (χ1) is 7.65. The summed E-state index contributed by atoms with van der Waals surface area (Å²) in [4.78, 5) is 12.0. The Hall–Kier alpha value is -1.32. The molecule has 0 aliphatic carbocycles. The van der Waals surface area contributed by atoms with Crippen LogP contribution in [0.3, 0.4) is 0 Å². The summed E-state index contributed by atoms with van der Waals surface area (Å²) in [6.45, 7) is 2.56. The van der Waals surface area contributed by atoms with E-state index < -0.39 is 18.1 Å². The number of hydrogen-bond acceptors (Lipinski definition) is 5. The van der Waals surface area contributed by atoms with Crippen LogP contribution in [0, 0.1) is 11.5 Å². The highest BCUT2D eigenvalue weighted by Gasteiger charge is 2.30. The Balaban J connectivity index is 0.000000165. The SMILES string of the molecule is N#CN1CCCC1.O=C(O)[C@H]1NCCC1O. The summed E-state index contributed by atoms with van der Waals surface area (Å²) in [6, 6.07) is -0.745. The van der Waals surface area contributed by atoms with Crippen molar-refractivity contribution in [1.82, 2.24) is 10.2 Å². The summed E-state index contributed by atoms with van der Waals surface area (Å²) in [5.74, 6) is -0.972. The van der Waals surface area contributed by atoms with E-state index in [-0.39, 0.29) is 0 Å². The van der Waals surface area contributed by atoms with Crippen LogP contribution >= 0.6 is 0 Å². The van der Waals surface area contributed by atoms with Gasteiger partial charge in [-0.25, -0.2) is 0 Å². The molecule has 0 spiro atoms. The van der Waals surface area contributed by atoms with Crippen LogP contribution in [0.5, 0.6) is 0 Å². The van der Waals surface area contributed by atoms with Gasteiger partial charge in [-0.05, 0) is 25.8 Å². The van der Waals surface area contributed by atoms with Crippen LogP contribution in [0.15, 0.2) is 0 Å². The molecule has 2 rings (SSSR count). The minimum absolute atomic E-state index is 0.539. The molecule has 0 saturated carbocycles. The lowest BCUT2D eigenvalue weighted by Gasteiger charge is -2.06. The zero-order chi connectivity index (χ0) is 12.0. The molecule has 3 N–H and O–H groups in total. The number of nitrogens with zero attached hydrogens (tertiary/aromatic N) is 2. The fraction of sp³-hybridized carbons (Fsp3) is 0.800. The highest BCUT2D eigenvalue weighted by Crippen LogP contribution is 2.05. The summed E-state index contributed by atoms with van der Waals surface area (Å²) in [5, 5.41) is 28.2. The molecule has 16 heavy (non-hydrogen) atoms. The van der Waals surface area contributed by atoms with Crippen LogP contribution in [0.4, 0.5) is 0 Å². The topological polar surface area (TPSA) is 96.6 Å². The first kappa shape index (κ1) is 12.7. The molecule has 1 unspecified atom stereocenters. The van der Waals surface area contributed by atoms with E-state index in [1.54, 1.807) is 4.90 Å². The molecule has 6 nitrogen and oxygen atoms in total. The maximum Gasteiger partial charge on any atom is 0.323 e. The van der Waals surface area contributed by atoms with Crippen molar-refractivity contribution in [3.8, 4) is 6.19 Å². The molecule has 2 aliphatic rings. The van der Waals surface area contributed by atoms with Crippen molar-refractivity contribution in [3.05, 3.63) is 0 Å². The van der Waals surface area contributed by atoms with Crippen molar-refractivity contribution in [2.45, 2.75) is 31.4 Å². The number of aliphatic hydroxyl groups is 1. The van der Waals surface area contributed by atoms with E-state index in [9.17, 15) is 4.79 Å². The molecule has 2 aliphatic heterocycles. The van der Waals surface area contributed by atoms with Gasteiger partial charge in [0.1, 0.15) is 6.04 Å². The van der Waals surface area contributed by atoms with Crippen LogP contribution in [0.25, 0.3) is 0 Å². The third-order valence-corrected chi connectivity index (χ3v) is 2.70. The van der Waals surface area contributed by atoms with Gasteiger partial charge in [0.25, 0.3) is 0 Å². The number of likely N-dealkylation sites (tertiary alicyclic amines) is 1. The van der Waals surface area contributed by atoms with Crippen molar-refractivity contribution in [3.63, 3.8) is 0 Å². The van der Waals surface area contributed by atoms with Crippen LogP contribution in [0.2, 0.25) is 0 Å². The minimum atomic E-state index is -0.972. The average molecular weight is 227 g/mol. The van der Waals surface area contributed by atoms with Crippen LogP contribution in [-0.2, 0) is 4.79 Å². The number of carboxylic acids is 1. The Morgan fingerprint density at radius 3 is 2.31 bits per heavy atom. The molecule has 2 saturated heterocycles. The lowest BCUT2D eigenvalue weighted by molar-refractivity contribution is -0.141. The summed E-state index contributed by atoms with van der Waals surface area (Å²) in [7, 11) is 0. The standard InChI is InChI=1S/C5H8N2.C5H9NO3/c6-5-7-3-1-2-4-7;7-3-1-2-6-4(3)5(8)9/h1-4H2;3-4,6-7H,1-2H2,(H,8,9)/t;3?,4-/m.0/s1. The van der Waals surface area contributed by atoms with Gasteiger partial charge < -0.3 is 20.4 Å². The minimum Gasteiger partial charge on any atom is -0.480 e. The van der Waals surface area contributed by atoms with Crippen molar-refractivity contribution in [2.24, 2.45) is 0 Å². The second-order valence-corrected chi connectivity index (χ2v) is 3.92. The van der Waals surface area contributed by atoms with E-state index in [1.807, 2.05) is 0 Å². The zero-order valence-electron chi connectivity index (χ0n) is 9.09. The molecular weight excluding hydrogens is 210 g/mol. The molecule has 90 valence electrons. The second kappa shape index (κ2) is 6.30. The number of hydrogen-bond donors (Lipinski definition) is 3. The average Bonchev–Trinajstić information content (AvgIpc) is 2.88. The lowest BCUT2D eigenvalue weighted by atomic mass is 10.2. The monoisotopic (exact) mass is 227 g/mol. The molecule has 0 amide bonds. The lowest BCUT2D eigenvalue weighted by Crippen LogP contribution is -2.38. The Morgan fingerprint density at radius 1 is 1.44 bits per heavy atom. The maximum absolute atomic E-state index is 10.2. The molecule has 0 bridgehead atoms. The molecule has 2 heterocycles. The Kier molecular flexibility index (Phi) is 5.02. The van der Waals surface area contributed by atoms with Crippen LogP contribution in [0.1, 0.15) is 19.3 Å². The van der Waals surface area contributed by atoms with E-state index in [0.717, 1.165) is 13.1 Å². The third-order valence-electron chi connectivity index (χ3n) is 2.70. The summed E-state index contributed by atoms with van der Waals surface area (Å²) < 4.78 is 0. The molecular formula is C10H17N3O3. The van der Waals surface area contributed by atoms with E-state index in [1.165, 1.54) is 12.8 Å². The van der Waals surface area contributed by atoms with Gasteiger partial charge in [-0.15, -0.1) is 0 Å². The molecule has 2 fully saturated rings. The molecule has 6 heteroatoms. The number of rotatable bonds is 1. The second-order valence-electron chi connectivity index (χ2n) is 3.92. The highest BCUT2D eigenvalue weighted by molar-refractivity contribution is 5.74. The van der Waals surface area contributed by atoms with E-state index >= 15 is 0 Å². The van der Waals surface area contributed by atoms with Crippen LogP contribution in [-0.4, -0.2) is 52.9 Å². The van der Waals surface area contributed by atoms with Gasteiger partial charge in [0.2, 0.25) is 0 Å². The molecule has 0 aromatic rings. The highest BCUT2D eigenvalue weighted by atomic mass is 16.4.